The van der Waals surface area contributed by atoms with Gasteiger partial charge in [0.1, 0.15) is 11.4 Å². The van der Waals surface area contributed by atoms with Gasteiger partial charge in [-0.2, -0.15) is 26.3 Å². The van der Waals surface area contributed by atoms with E-state index in [0.29, 0.717) is 6.07 Å². The largest absolute Gasteiger partial charge is 0.496 e. The molecule has 0 saturated carbocycles. The maximum absolute atomic E-state index is 12.8. The van der Waals surface area contributed by atoms with E-state index in [1.807, 2.05) is 0 Å². The highest BCUT2D eigenvalue weighted by molar-refractivity contribution is 5.38. The summed E-state index contributed by atoms with van der Waals surface area (Å²) in [5, 5.41) is 0. The zero-order chi connectivity index (χ0) is 16.7. The first-order valence-electron chi connectivity index (χ1n) is 6.35. The summed E-state index contributed by atoms with van der Waals surface area (Å²) in [6.07, 6.45) is -10.2. The average Bonchev–Trinajstić information content (AvgIpc) is 2.78. The van der Waals surface area contributed by atoms with Crippen LogP contribution in [0.1, 0.15) is 24.1 Å². The Kier molecular flexibility index (Phi) is 4.29. The van der Waals surface area contributed by atoms with E-state index in [0.717, 1.165) is 13.3 Å². The highest BCUT2D eigenvalue weighted by Gasteiger charge is 2.51. The Balaban J connectivity index is 2.34. The number of halogens is 6. The van der Waals surface area contributed by atoms with E-state index in [2.05, 4.69) is 4.98 Å². The lowest BCUT2D eigenvalue weighted by molar-refractivity contribution is -0.215. The van der Waals surface area contributed by atoms with Crippen LogP contribution in [0.2, 0.25) is 0 Å². The van der Waals surface area contributed by atoms with Crippen LogP contribution in [0, 0.1) is 5.92 Å². The number of hydrogen-bond acceptors (Lipinski definition) is 3. The fourth-order valence-electron chi connectivity index (χ4n) is 2.55. The average molecular weight is 329 g/mol. The van der Waals surface area contributed by atoms with Gasteiger partial charge in [0.25, 0.3) is 0 Å². The van der Waals surface area contributed by atoms with Crippen molar-refractivity contribution in [3.63, 3.8) is 0 Å². The minimum Gasteiger partial charge on any atom is -0.496 e. The number of rotatable bonds is 2. The topological polar surface area (TPSA) is 31.4 Å². The van der Waals surface area contributed by atoms with Crippen LogP contribution in [0.3, 0.4) is 0 Å². The van der Waals surface area contributed by atoms with Crippen molar-refractivity contribution in [1.82, 2.24) is 4.98 Å². The molecule has 22 heavy (non-hydrogen) atoms. The normalized spacial score (nSPS) is 26.3. The zero-order valence-corrected chi connectivity index (χ0v) is 11.6. The first-order valence-corrected chi connectivity index (χ1v) is 6.35. The molecular weight excluding hydrogens is 316 g/mol. The van der Waals surface area contributed by atoms with Gasteiger partial charge in [-0.15, -0.1) is 0 Å². The van der Waals surface area contributed by atoms with Gasteiger partial charge in [-0.05, 0) is 0 Å². The van der Waals surface area contributed by atoms with Gasteiger partial charge in [-0.1, -0.05) is 6.92 Å². The molecule has 1 aliphatic heterocycles. The van der Waals surface area contributed by atoms with E-state index in [4.69, 9.17) is 9.47 Å². The Morgan fingerprint density at radius 2 is 1.86 bits per heavy atom. The first-order chi connectivity index (χ1) is 10.1. The van der Waals surface area contributed by atoms with Crippen molar-refractivity contribution >= 4 is 0 Å². The number of aromatic nitrogens is 1. The molecule has 0 amide bonds. The lowest BCUT2D eigenvalue weighted by Gasteiger charge is -2.22. The van der Waals surface area contributed by atoms with Crippen LogP contribution in [-0.2, 0) is 10.9 Å². The molecule has 1 saturated heterocycles. The van der Waals surface area contributed by atoms with Crippen LogP contribution in [0.5, 0.6) is 5.75 Å². The molecule has 0 aliphatic carbocycles. The standard InChI is InChI=1S/C13H13F6NO2/c1-6-8(5-22-11(6)13(17,18)19)7-4-20-10(12(14,15)16)3-9(7)21-2/h3-4,6,8,11H,5H2,1-2H3. The zero-order valence-electron chi connectivity index (χ0n) is 11.6. The minimum atomic E-state index is -4.65. The molecule has 0 N–H and O–H groups in total. The maximum Gasteiger partial charge on any atom is 0.433 e. The summed E-state index contributed by atoms with van der Waals surface area (Å²) in [6, 6.07) is 0.684. The van der Waals surface area contributed by atoms with Crippen LogP contribution >= 0.6 is 0 Å². The summed E-state index contributed by atoms with van der Waals surface area (Å²) in [5.41, 5.74) is -0.984. The predicted molar refractivity (Wildman–Crippen MR) is 63.5 cm³/mol. The number of methoxy groups -OCH3 is 1. The molecule has 1 fully saturated rings. The van der Waals surface area contributed by atoms with Crippen molar-refractivity contribution in [3.8, 4) is 5.75 Å². The maximum atomic E-state index is 12.8. The van der Waals surface area contributed by atoms with Gasteiger partial charge in [0.05, 0.1) is 13.7 Å². The summed E-state index contributed by atoms with van der Waals surface area (Å²) in [6.45, 7) is 1.09. The Morgan fingerprint density at radius 1 is 1.23 bits per heavy atom. The van der Waals surface area contributed by atoms with Crippen molar-refractivity contribution in [2.75, 3.05) is 13.7 Å². The third kappa shape index (κ3) is 3.13. The molecule has 3 nitrogen and oxygen atoms in total. The van der Waals surface area contributed by atoms with E-state index in [1.165, 1.54) is 6.92 Å². The van der Waals surface area contributed by atoms with Crippen molar-refractivity contribution < 1.29 is 35.8 Å². The third-order valence-corrected chi connectivity index (χ3v) is 3.70. The second-order valence-electron chi connectivity index (χ2n) is 5.07. The molecular formula is C13H13F6NO2. The number of pyridine rings is 1. The van der Waals surface area contributed by atoms with Gasteiger partial charge in [0.15, 0.2) is 6.10 Å². The fourth-order valence-corrected chi connectivity index (χ4v) is 2.55. The molecule has 124 valence electrons. The SMILES string of the molecule is COc1cc(C(F)(F)F)ncc1C1COC(C(F)(F)F)C1C. The molecule has 9 heteroatoms. The van der Waals surface area contributed by atoms with E-state index in [1.54, 1.807) is 0 Å². The van der Waals surface area contributed by atoms with Gasteiger partial charge in [-0.3, -0.25) is 4.98 Å². The molecule has 3 atom stereocenters. The van der Waals surface area contributed by atoms with E-state index in [-0.39, 0.29) is 17.9 Å². The number of alkyl halides is 6. The van der Waals surface area contributed by atoms with E-state index >= 15 is 0 Å². The Morgan fingerprint density at radius 3 is 2.32 bits per heavy atom. The molecule has 2 heterocycles. The molecule has 1 aromatic heterocycles. The van der Waals surface area contributed by atoms with Gasteiger partial charge >= 0.3 is 12.4 Å². The van der Waals surface area contributed by atoms with Crippen molar-refractivity contribution in [1.29, 1.82) is 0 Å². The minimum absolute atomic E-state index is 0.148. The predicted octanol–water partition coefficient (Wildman–Crippen LogP) is 3.79. The molecule has 2 rings (SSSR count). The lowest BCUT2D eigenvalue weighted by atomic mass is 9.86. The van der Waals surface area contributed by atoms with Crippen molar-refractivity contribution in [3.05, 3.63) is 23.5 Å². The van der Waals surface area contributed by atoms with Crippen molar-refractivity contribution in [2.45, 2.75) is 31.3 Å². The number of ether oxygens (including phenoxy) is 2. The highest BCUT2D eigenvalue weighted by atomic mass is 19.4. The summed E-state index contributed by atoms with van der Waals surface area (Å²) in [4.78, 5) is 3.28. The summed E-state index contributed by atoms with van der Waals surface area (Å²) in [5.74, 6) is -1.84. The molecule has 0 aromatic carbocycles. The summed E-state index contributed by atoms with van der Waals surface area (Å²) in [7, 11) is 1.15. The number of nitrogens with zero attached hydrogens (tertiary/aromatic N) is 1. The third-order valence-electron chi connectivity index (χ3n) is 3.70. The van der Waals surface area contributed by atoms with Crippen molar-refractivity contribution in [2.24, 2.45) is 5.92 Å². The lowest BCUT2D eigenvalue weighted by Crippen LogP contribution is -2.33. The Bertz CT molecular complexity index is 542. The van der Waals surface area contributed by atoms with Gasteiger partial charge < -0.3 is 9.47 Å². The quantitative estimate of drug-likeness (QED) is 0.774. The van der Waals surface area contributed by atoms with Gasteiger partial charge in [0.2, 0.25) is 0 Å². The van der Waals surface area contributed by atoms with Crippen LogP contribution < -0.4 is 4.74 Å². The second-order valence-corrected chi connectivity index (χ2v) is 5.07. The van der Waals surface area contributed by atoms with Gasteiger partial charge in [0, 0.05) is 29.7 Å². The monoisotopic (exact) mass is 329 g/mol. The summed E-state index contributed by atoms with van der Waals surface area (Å²) >= 11 is 0. The fraction of sp³-hybridized carbons (Fsp3) is 0.615. The molecule has 3 unspecified atom stereocenters. The smallest absolute Gasteiger partial charge is 0.433 e. The Labute approximate surface area is 122 Å². The molecule has 0 radical (unpaired) electrons. The highest BCUT2D eigenvalue weighted by Crippen LogP contribution is 2.45. The summed E-state index contributed by atoms with van der Waals surface area (Å²) < 4.78 is 85.8. The molecule has 0 spiro atoms. The van der Waals surface area contributed by atoms with E-state index in [9.17, 15) is 26.3 Å². The molecule has 1 aromatic rings. The van der Waals surface area contributed by atoms with E-state index < -0.39 is 36.0 Å². The van der Waals surface area contributed by atoms with Crippen LogP contribution in [-0.4, -0.2) is 31.0 Å². The van der Waals surface area contributed by atoms with Crippen LogP contribution in [0.4, 0.5) is 26.3 Å². The Hall–Kier alpha value is -1.51. The molecule has 1 aliphatic rings. The molecule has 0 bridgehead atoms. The number of hydrogen-bond donors (Lipinski definition) is 0. The van der Waals surface area contributed by atoms with Crippen LogP contribution in [0.25, 0.3) is 0 Å². The second kappa shape index (κ2) is 5.60. The van der Waals surface area contributed by atoms with Crippen LogP contribution in [0.15, 0.2) is 12.3 Å². The van der Waals surface area contributed by atoms with Gasteiger partial charge in [-0.25, -0.2) is 0 Å². The first kappa shape index (κ1) is 16.9.